The number of aromatic nitrogens is 2. The summed E-state index contributed by atoms with van der Waals surface area (Å²) in [6.45, 7) is 3.81. The number of aryl methyl sites for hydroxylation is 2. The number of rotatable bonds is 5. The van der Waals surface area contributed by atoms with E-state index in [2.05, 4.69) is 15.5 Å². The van der Waals surface area contributed by atoms with Gasteiger partial charge in [0.15, 0.2) is 11.6 Å². The zero-order valence-corrected chi connectivity index (χ0v) is 12.8. The van der Waals surface area contributed by atoms with E-state index in [9.17, 15) is 4.39 Å². The fourth-order valence-electron chi connectivity index (χ4n) is 2.38. The van der Waals surface area contributed by atoms with Crippen LogP contribution >= 0.6 is 0 Å². The Kier molecular flexibility index (Phi) is 4.85. The summed E-state index contributed by atoms with van der Waals surface area (Å²) >= 11 is 0. The molecule has 5 heteroatoms. The number of hydrogen-bond acceptors (Lipinski definition) is 4. The largest absolute Gasteiger partial charge is 0.494 e. The van der Waals surface area contributed by atoms with Crippen molar-refractivity contribution in [3.8, 4) is 5.75 Å². The molecule has 0 saturated carbocycles. The highest BCUT2D eigenvalue weighted by Gasteiger charge is 2.17. The molecule has 2 aromatic rings. The standard InChI is InChI=1S/C16H20FN3O/c1-10-8-13(11(2)20-19-10)14(18-3)9-12-6-5-7-15(21-4)16(12)17/h5-8,14,18H,9H2,1-4H3. The van der Waals surface area contributed by atoms with E-state index in [-0.39, 0.29) is 17.6 Å². The molecule has 0 saturated heterocycles. The van der Waals surface area contributed by atoms with E-state index in [0.717, 1.165) is 17.0 Å². The summed E-state index contributed by atoms with van der Waals surface area (Å²) in [5, 5.41) is 11.4. The Labute approximate surface area is 124 Å². The molecule has 2 rings (SSSR count). The molecule has 1 aromatic carbocycles. The monoisotopic (exact) mass is 289 g/mol. The quantitative estimate of drug-likeness (QED) is 0.919. The molecule has 112 valence electrons. The zero-order valence-electron chi connectivity index (χ0n) is 12.8. The Morgan fingerprint density at radius 1 is 1.29 bits per heavy atom. The zero-order chi connectivity index (χ0) is 15.4. The smallest absolute Gasteiger partial charge is 0.168 e. The van der Waals surface area contributed by atoms with Crippen LogP contribution in [-0.2, 0) is 6.42 Å². The van der Waals surface area contributed by atoms with Crippen molar-refractivity contribution in [1.29, 1.82) is 0 Å². The van der Waals surface area contributed by atoms with Gasteiger partial charge in [-0.15, -0.1) is 0 Å². The molecule has 0 amide bonds. The highest BCUT2D eigenvalue weighted by atomic mass is 19.1. The average molecular weight is 289 g/mol. The highest BCUT2D eigenvalue weighted by Crippen LogP contribution is 2.26. The Morgan fingerprint density at radius 2 is 2.05 bits per heavy atom. The van der Waals surface area contributed by atoms with E-state index in [0.29, 0.717) is 12.0 Å². The van der Waals surface area contributed by atoms with Gasteiger partial charge in [-0.05, 0) is 50.6 Å². The Bertz CT molecular complexity index is 631. The van der Waals surface area contributed by atoms with Gasteiger partial charge in [-0.2, -0.15) is 10.2 Å². The number of halogens is 1. The maximum absolute atomic E-state index is 14.3. The minimum absolute atomic E-state index is 0.0270. The SMILES string of the molecule is CNC(Cc1cccc(OC)c1F)c1cc(C)nnc1C. The van der Waals surface area contributed by atoms with Crippen LogP contribution in [0.1, 0.15) is 28.6 Å². The molecule has 0 radical (unpaired) electrons. The van der Waals surface area contributed by atoms with Crippen molar-refractivity contribution in [2.45, 2.75) is 26.3 Å². The minimum Gasteiger partial charge on any atom is -0.494 e. The summed E-state index contributed by atoms with van der Waals surface area (Å²) in [5.41, 5.74) is 3.35. The molecule has 0 aliphatic heterocycles. The number of nitrogens with one attached hydrogen (secondary N) is 1. The minimum atomic E-state index is -0.309. The van der Waals surface area contributed by atoms with Gasteiger partial charge >= 0.3 is 0 Å². The molecule has 1 unspecified atom stereocenters. The predicted molar refractivity (Wildman–Crippen MR) is 80.0 cm³/mol. The molecule has 1 atom stereocenters. The molecule has 1 heterocycles. The number of ether oxygens (including phenoxy) is 1. The molecular formula is C16H20FN3O. The van der Waals surface area contributed by atoms with Gasteiger partial charge in [0.2, 0.25) is 0 Å². The van der Waals surface area contributed by atoms with Crippen LogP contribution in [0.5, 0.6) is 5.75 Å². The molecule has 0 spiro atoms. The second-order valence-corrected chi connectivity index (χ2v) is 5.01. The number of likely N-dealkylation sites (N-methyl/N-ethyl adjacent to an activating group) is 1. The third-order valence-corrected chi connectivity index (χ3v) is 3.55. The summed E-state index contributed by atoms with van der Waals surface area (Å²) in [4.78, 5) is 0. The first-order valence-corrected chi connectivity index (χ1v) is 6.86. The first-order valence-electron chi connectivity index (χ1n) is 6.86. The first-order chi connectivity index (χ1) is 10.1. The van der Waals surface area contributed by atoms with E-state index in [1.54, 1.807) is 18.2 Å². The molecular weight excluding hydrogens is 269 g/mol. The van der Waals surface area contributed by atoms with E-state index in [1.165, 1.54) is 7.11 Å². The molecule has 0 aliphatic carbocycles. The lowest BCUT2D eigenvalue weighted by Crippen LogP contribution is -2.21. The summed E-state index contributed by atoms with van der Waals surface area (Å²) < 4.78 is 19.3. The van der Waals surface area contributed by atoms with Crippen molar-refractivity contribution in [2.75, 3.05) is 14.2 Å². The van der Waals surface area contributed by atoms with Gasteiger partial charge in [-0.1, -0.05) is 12.1 Å². The van der Waals surface area contributed by atoms with Crippen LogP contribution in [0.4, 0.5) is 4.39 Å². The van der Waals surface area contributed by atoms with Crippen LogP contribution in [0.15, 0.2) is 24.3 Å². The summed E-state index contributed by atoms with van der Waals surface area (Å²) in [5.74, 6) is -0.0419. The van der Waals surface area contributed by atoms with Gasteiger partial charge in [0.05, 0.1) is 18.5 Å². The molecule has 1 N–H and O–H groups in total. The van der Waals surface area contributed by atoms with Crippen molar-refractivity contribution >= 4 is 0 Å². The Balaban J connectivity index is 2.33. The van der Waals surface area contributed by atoms with Crippen LogP contribution in [0.2, 0.25) is 0 Å². The van der Waals surface area contributed by atoms with Crippen molar-refractivity contribution in [3.05, 3.63) is 52.6 Å². The van der Waals surface area contributed by atoms with Crippen LogP contribution in [0, 0.1) is 19.7 Å². The van der Waals surface area contributed by atoms with Gasteiger partial charge in [0.25, 0.3) is 0 Å². The lowest BCUT2D eigenvalue weighted by molar-refractivity contribution is 0.383. The van der Waals surface area contributed by atoms with Crippen molar-refractivity contribution < 1.29 is 9.13 Å². The van der Waals surface area contributed by atoms with Gasteiger partial charge in [0, 0.05) is 6.04 Å². The van der Waals surface area contributed by atoms with E-state index >= 15 is 0 Å². The van der Waals surface area contributed by atoms with Crippen LogP contribution in [0.25, 0.3) is 0 Å². The third-order valence-electron chi connectivity index (χ3n) is 3.55. The predicted octanol–water partition coefficient (Wildman–Crippen LogP) is 2.74. The fourth-order valence-corrected chi connectivity index (χ4v) is 2.38. The van der Waals surface area contributed by atoms with Crippen LogP contribution in [-0.4, -0.2) is 24.4 Å². The first kappa shape index (κ1) is 15.4. The third kappa shape index (κ3) is 3.36. The lowest BCUT2D eigenvalue weighted by atomic mass is 9.97. The normalized spacial score (nSPS) is 12.2. The number of hydrogen-bond donors (Lipinski definition) is 1. The van der Waals surface area contributed by atoms with E-state index < -0.39 is 0 Å². The van der Waals surface area contributed by atoms with Gasteiger partial charge in [-0.3, -0.25) is 0 Å². The molecule has 4 nitrogen and oxygen atoms in total. The van der Waals surface area contributed by atoms with Crippen LogP contribution in [0.3, 0.4) is 0 Å². The maximum Gasteiger partial charge on any atom is 0.168 e. The van der Waals surface area contributed by atoms with Crippen molar-refractivity contribution in [1.82, 2.24) is 15.5 Å². The van der Waals surface area contributed by atoms with Gasteiger partial charge in [-0.25, -0.2) is 4.39 Å². The average Bonchev–Trinajstić information content (AvgIpc) is 2.49. The fraction of sp³-hybridized carbons (Fsp3) is 0.375. The molecule has 0 fully saturated rings. The number of benzene rings is 1. The second-order valence-electron chi connectivity index (χ2n) is 5.01. The van der Waals surface area contributed by atoms with Gasteiger partial charge < -0.3 is 10.1 Å². The summed E-state index contributed by atoms with van der Waals surface area (Å²) in [6, 6.07) is 7.16. The topological polar surface area (TPSA) is 47.0 Å². The molecule has 1 aromatic heterocycles. The Morgan fingerprint density at radius 3 is 2.71 bits per heavy atom. The van der Waals surface area contributed by atoms with Crippen molar-refractivity contribution in [3.63, 3.8) is 0 Å². The van der Waals surface area contributed by atoms with Crippen LogP contribution < -0.4 is 10.1 Å². The van der Waals surface area contributed by atoms with E-state index in [4.69, 9.17) is 4.74 Å². The maximum atomic E-state index is 14.3. The summed E-state index contributed by atoms with van der Waals surface area (Å²) in [7, 11) is 3.33. The molecule has 0 aliphatic rings. The van der Waals surface area contributed by atoms with Crippen molar-refractivity contribution in [2.24, 2.45) is 0 Å². The second kappa shape index (κ2) is 6.63. The summed E-state index contributed by atoms with van der Waals surface area (Å²) in [6.07, 6.45) is 0.519. The number of methoxy groups -OCH3 is 1. The molecule has 0 bridgehead atoms. The highest BCUT2D eigenvalue weighted by molar-refractivity contribution is 5.33. The van der Waals surface area contributed by atoms with Gasteiger partial charge in [0.1, 0.15) is 0 Å². The Hall–Kier alpha value is -2.01. The molecule has 21 heavy (non-hydrogen) atoms. The lowest BCUT2D eigenvalue weighted by Gasteiger charge is -2.19. The van der Waals surface area contributed by atoms with E-state index in [1.807, 2.05) is 27.0 Å². The number of nitrogens with zero attached hydrogens (tertiary/aromatic N) is 2.